The largest absolute Gasteiger partial charge is 0.353 e. The Hall–Kier alpha value is -2.65. The molecule has 2 aromatic heterocycles. The Morgan fingerprint density at radius 2 is 2.29 bits per heavy atom. The number of nitrogens with one attached hydrogen (secondary N) is 1. The lowest BCUT2D eigenvalue weighted by Crippen LogP contribution is -2.41. The lowest BCUT2D eigenvalue weighted by molar-refractivity contribution is -0.124. The van der Waals surface area contributed by atoms with Gasteiger partial charge in [0.05, 0.1) is 18.2 Å². The fourth-order valence-electron chi connectivity index (χ4n) is 4.00. The Kier molecular flexibility index (Phi) is 4.94. The van der Waals surface area contributed by atoms with Gasteiger partial charge < -0.3 is 9.88 Å². The SMILES string of the molecule is Cc1csc(Cn2c3c(c4cc(C#N)ccc42)C[C@H](NC(=O)C(C)C)CC3)n1. The highest BCUT2D eigenvalue weighted by Gasteiger charge is 2.27. The monoisotopic (exact) mass is 392 g/mol. The minimum atomic E-state index is -0.0129. The van der Waals surface area contributed by atoms with E-state index in [4.69, 9.17) is 0 Å². The summed E-state index contributed by atoms with van der Waals surface area (Å²) in [6.45, 7) is 6.61. The quantitative estimate of drug-likeness (QED) is 0.731. The highest BCUT2D eigenvalue weighted by Crippen LogP contribution is 2.34. The topological polar surface area (TPSA) is 70.7 Å². The summed E-state index contributed by atoms with van der Waals surface area (Å²) in [5.74, 6) is 0.0919. The first-order valence-electron chi connectivity index (χ1n) is 9.71. The zero-order valence-electron chi connectivity index (χ0n) is 16.5. The van der Waals surface area contributed by atoms with Crippen LogP contribution in [0.15, 0.2) is 23.6 Å². The van der Waals surface area contributed by atoms with Gasteiger partial charge in [-0.15, -0.1) is 11.3 Å². The van der Waals surface area contributed by atoms with Crippen molar-refractivity contribution >= 4 is 28.1 Å². The van der Waals surface area contributed by atoms with Crippen LogP contribution in [0.5, 0.6) is 0 Å². The maximum Gasteiger partial charge on any atom is 0.222 e. The molecule has 1 aliphatic rings. The molecular formula is C22H24N4OS. The van der Waals surface area contributed by atoms with Gasteiger partial charge in [0.2, 0.25) is 5.91 Å². The number of carbonyl (C=O) groups is 1. The van der Waals surface area contributed by atoms with E-state index >= 15 is 0 Å². The van der Waals surface area contributed by atoms with E-state index in [0.29, 0.717) is 5.56 Å². The Labute approximate surface area is 169 Å². The van der Waals surface area contributed by atoms with E-state index in [1.54, 1.807) is 11.3 Å². The fraction of sp³-hybridized carbons (Fsp3) is 0.409. The predicted octanol–water partition coefficient (Wildman–Crippen LogP) is 3.96. The van der Waals surface area contributed by atoms with Crippen LogP contribution in [0.25, 0.3) is 10.9 Å². The van der Waals surface area contributed by atoms with Crippen molar-refractivity contribution in [3.63, 3.8) is 0 Å². The highest BCUT2D eigenvalue weighted by molar-refractivity contribution is 7.09. The maximum absolute atomic E-state index is 12.2. The summed E-state index contributed by atoms with van der Waals surface area (Å²) in [4.78, 5) is 16.8. The molecule has 0 saturated heterocycles. The molecule has 0 spiro atoms. The summed E-state index contributed by atoms with van der Waals surface area (Å²) >= 11 is 1.69. The molecule has 0 unspecified atom stereocenters. The second-order valence-electron chi connectivity index (χ2n) is 7.84. The number of nitrogens with zero attached hydrogens (tertiary/aromatic N) is 3. The lowest BCUT2D eigenvalue weighted by Gasteiger charge is -2.25. The van der Waals surface area contributed by atoms with E-state index in [0.717, 1.165) is 47.4 Å². The molecule has 28 heavy (non-hydrogen) atoms. The zero-order valence-corrected chi connectivity index (χ0v) is 17.3. The Bertz CT molecular complexity index is 1090. The molecule has 144 valence electrons. The van der Waals surface area contributed by atoms with E-state index in [1.807, 2.05) is 39.0 Å². The van der Waals surface area contributed by atoms with Gasteiger partial charge >= 0.3 is 0 Å². The summed E-state index contributed by atoms with van der Waals surface area (Å²) in [5.41, 5.74) is 5.45. The molecule has 2 heterocycles. The van der Waals surface area contributed by atoms with Crippen molar-refractivity contribution in [2.45, 2.75) is 52.6 Å². The smallest absolute Gasteiger partial charge is 0.222 e. The van der Waals surface area contributed by atoms with Crippen molar-refractivity contribution in [3.8, 4) is 6.07 Å². The van der Waals surface area contributed by atoms with Crippen molar-refractivity contribution in [1.29, 1.82) is 5.26 Å². The van der Waals surface area contributed by atoms with E-state index in [1.165, 1.54) is 11.3 Å². The third-order valence-corrected chi connectivity index (χ3v) is 6.38. The zero-order chi connectivity index (χ0) is 19.8. The molecule has 0 fully saturated rings. The first-order valence-corrected chi connectivity index (χ1v) is 10.6. The van der Waals surface area contributed by atoms with E-state index in [-0.39, 0.29) is 17.9 Å². The van der Waals surface area contributed by atoms with Crippen molar-refractivity contribution in [3.05, 3.63) is 51.1 Å². The number of aromatic nitrogens is 2. The third-order valence-electron chi connectivity index (χ3n) is 5.43. The highest BCUT2D eigenvalue weighted by atomic mass is 32.1. The van der Waals surface area contributed by atoms with Crippen molar-refractivity contribution in [1.82, 2.24) is 14.9 Å². The molecule has 6 heteroatoms. The number of hydrogen-bond donors (Lipinski definition) is 1. The Morgan fingerprint density at radius 3 is 2.96 bits per heavy atom. The molecule has 1 N–H and O–H groups in total. The van der Waals surface area contributed by atoms with Gasteiger partial charge in [0.25, 0.3) is 0 Å². The van der Waals surface area contributed by atoms with Gasteiger partial charge in [0.15, 0.2) is 0 Å². The number of hydrogen-bond acceptors (Lipinski definition) is 4. The minimum Gasteiger partial charge on any atom is -0.353 e. The van der Waals surface area contributed by atoms with Crippen molar-refractivity contribution < 1.29 is 4.79 Å². The number of thiazole rings is 1. The Morgan fingerprint density at radius 1 is 1.46 bits per heavy atom. The molecule has 0 aliphatic heterocycles. The number of rotatable bonds is 4. The van der Waals surface area contributed by atoms with Crippen LogP contribution in [-0.2, 0) is 24.2 Å². The number of fused-ring (bicyclic) bond motifs is 3. The van der Waals surface area contributed by atoms with Crippen LogP contribution in [-0.4, -0.2) is 21.5 Å². The van der Waals surface area contributed by atoms with Crippen LogP contribution in [0.3, 0.4) is 0 Å². The first-order chi connectivity index (χ1) is 13.5. The third kappa shape index (κ3) is 3.43. The van der Waals surface area contributed by atoms with Gasteiger partial charge in [-0.2, -0.15) is 5.26 Å². The van der Waals surface area contributed by atoms with Crippen LogP contribution in [0.1, 0.15) is 47.8 Å². The maximum atomic E-state index is 12.2. The fourth-order valence-corrected chi connectivity index (χ4v) is 4.76. The molecule has 0 radical (unpaired) electrons. The second kappa shape index (κ2) is 7.40. The standard InChI is InChI=1S/C22H24N4OS/c1-13(2)22(27)25-16-5-7-20-18(9-16)17-8-15(10-23)4-6-19(17)26(20)11-21-24-14(3)12-28-21/h4,6,8,12-13,16H,5,7,9,11H2,1-3H3,(H,25,27)/t16-/m1/s1. The number of benzene rings is 1. The van der Waals surface area contributed by atoms with E-state index < -0.39 is 0 Å². The number of nitriles is 1. The van der Waals surface area contributed by atoms with Crippen molar-refractivity contribution in [2.75, 3.05) is 0 Å². The predicted molar refractivity (Wildman–Crippen MR) is 111 cm³/mol. The molecule has 0 bridgehead atoms. The minimum absolute atomic E-state index is 0.0129. The van der Waals surface area contributed by atoms with Crippen LogP contribution in [0.4, 0.5) is 0 Å². The average Bonchev–Trinajstić information content (AvgIpc) is 3.23. The van der Waals surface area contributed by atoms with Gasteiger partial charge in [0.1, 0.15) is 5.01 Å². The molecule has 5 nitrogen and oxygen atoms in total. The van der Waals surface area contributed by atoms with Crippen LogP contribution < -0.4 is 5.32 Å². The summed E-state index contributed by atoms with van der Waals surface area (Å²) in [5, 5.41) is 16.9. The van der Waals surface area contributed by atoms with Gasteiger partial charge in [-0.05, 0) is 49.9 Å². The number of carbonyl (C=O) groups excluding carboxylic acids is 1. The summed E-state index contributed by atoms with van der Waals surface area (Å²) in [7, 11) is 0. The van der Waals surface area contributed by atoms with Crippen LogP contribution in [0, 0.1) is 24.2 Å². The van der Waals surface area contributed by atoms with E-state index in [2.05, 4.69) is 26.3 Å². The molecular weight excluding hydrogens is 368 g/mol. The first kappa shape index (κ1) is 18.7. The Balaban J connectivity index is 1.75. The van der Waals surface area contributed by atoms with Crippen molar-refractivity contribution in [2.24, 2.45) is 5.92 Å². The molecule has 0 saturated carbocycles. The molecule has 1 aliphatic carbocycles. The van der Waals surface area contributed by atoms with Crippen LogP contribution in [0.2, 0.25) is 0 Å². The molecule has 1 atom stereocenters. The number of amides is 1. The molecule has 1 amide bonds. The second-order valence-corrected chi connectivity index (χ2v) is 8.78. The average molecular weight is 393 g/mol. The van der Waals surface area contributed by atoms with Gasteiger partial charge in [-0.1, -0.05) is 13.8 Å². The summed E-state index contributed by atoms with van der Waals surface area (Å²) in [6, 6.07) is 8.33. The van der Waals surface area contributed by atoms with Gasteiger partial charge in [0, 0.05) is 39.6 Å². The summed E-state index contributed by atoms with van der Waals surface area (Å²) < 4.78 is 2.35. The van der Waals surface area contributed by atoms with E-state index in [9.17, 15) is 10.1 Å². The van der Waals surface area contributed by atoms with Gasteiger partial charge in [-0.3, -0.25) is 4.79 Å². The van der Waals surface area contributed by atoms with Gasteiger partial charge in [-0.25, -0.2) is 4.98 Å². The lowest BCUT2D eigenvalue weighted by atomic mass is 9.90. The molecule has 1 aromatic carbocycles. The normalized spacial score (nSPS) is 16.2. The molecule has 4 rings (SSSR count). The summed E-state index contributed by atoms with van der Waals surface area (Å²) in [6.07, 6.45) is 2.66. The van der Waals surface area contributed by atoms with Crippen LogP contribution >= 0.6 is 11.3 Å². The number of aryl methyl sites for hydroxylation is 1. The molecule has 3 aromatic rings.